The van der Waals surface area contributed by atoms with Gasteiger partial charge in [-0.1, -0.05) is 41.4 Å². The molecule has 1 unspecified atom stereocenters. The molecule has 3 heterocycles. The molecule has 0 saturated carbocycles. The van der Waals surface area contributed by atoms with Crippen LogP contribution in [0.5, 0.6) is 0 Å². The molecule has 270 valence electrons. The second-order valence-electron chi connectivity index (χ2n) is 12.1. The number of carbonyl (C=O) groups excluding carboxylic acids is 3. The third-order valence-corrected chi connectivity index (χ3v) is 11.2. The summed E-state index contributed by atoms with van der Waals surface area (Å²) in [6.45, 7) is 1.40. The molecule has 12 nitrogen and oxygen atoms in total. The fourth-order valence-electron chi connectivity index (χ4n) is 6.23. The molecular weight excluding hydrogens is 729 g/mol. The lowest BCUT2D eigenvalue weighted by atomic mass is 9.99. The van der Waals surface area contributed by atoms with E-state index in [2.05, 4.69) is 15.6 Å². The number of hydrogen-bond donors (Lipinski definition) is 2. The van der Waals surface area contributed by atoms with Crippen LogP contribution in [-0.4, -0.2) is 90.7 Å². The van der Waals surface area contributed by atoms with E-state index in [4.69, 9.17) is 27.9 Å². The average Bonchev–Trinajstić information content (AvgIpc) is 3.55. The van der Waals surface area contributed by atoms with Gasteiger partial charge in [-0.15, -0.1) is 0 Å². The van der Waals surface area contributed by atoms with Gasteiger partial charge in [0.1, 0.15) is 12.1 Å². The van der Waals surface area contributed by atoms with Gasteiger partial charge >= 0.3 is 5.97 Å². The van der Waals surface area contributed by atoms with E-state index in [0.29, 0.717) is 11.3 Å². The molecule has 2 N–H and O–H groups in total. The number of anilines is 1. The van der Waals surface area contributed by atoms with Crippen molar-refractivity contribution in [1.82, 2.24) is 19.5 Å². The van der Waals surface area contributed by atoms with E-state index in [1.807, 2.05) is 6.07 Å². The van der Waals surface area contributed by atoms with Crippen molar-refractivity contribution in [3.05, 3.63) is 87.7 Å². The first-order chi connectivity index (χ1) is 24.2. The number of nitrogens with one attached hydrogen (secondary N) is 2. The Bertz CT molecular complexity index is 1920. The summed E-state index contributed by atoms with van der Waals surface area (Å²) in [4.78, 5) is 45.5. The van der Waals surface area contributed by atoms with Gasteiger partial charge in [-0.05, 0) is 49.2 Å². The van der Waals surface area contributed by atoms with Crippen LogP contribution < -0.4 is 10.6 Å². The number of esters is 1. The van der Waals surface area contributed by atoms with E-state index in [0.717, 1.165) is 4.31 Å². The third-order valence-electron chi connectivity index (χ3n) is 8.78. The smallest absolute Gasteiger partial charge is 0.328 e. The largest absolute Gasteiger partial charge is 0.464 e. The number of nitrogens with zero attached hydrogens (tertiary/aromatic N) is 4. The Morgan fingerprint density at radius 1 is 1.08 bits per heavy atom. The van der Waals surface area contributed by atoms with E-state index < -0.39 is 64.7 Å². The molecule has 2 saturated heterocycles. The highest BCUT2D eigenvalue weighted by atomic mass is 35.5. The zero-order valence-electron chi connectivity index (χ0n) is 27.3. The number of alkyl halides is 2. The fourth-order valence-corrected chi connectivity index (χ4v) is 8.44. The summed E-state index contributed by atoms with van der Waals surface area (Å²) in [5.41, 5.74) is 1.08. The van der Waals surface area contributed by atoms with Crippen molar-refractivity contribution in [3.8, 4) is 6.07 Å². The number of sulfonamides is 1. The lowest BCUT2D eigenvalue weighted by molar-refractivity contribution is -0.148. The molecule has 0 spiro atoms. The number of amides is 2. The molecule has 17 heteroatoms. The maximum atomic E-state index is 14.2. The Kier molecular flexibility index (Phi) is 11.9. The highest BCUT2D eigenvalue weighted by Gasteiger charge is 2.50. The number of carbonyl (C=O) groups is 3. The lowest BCUT2D eigenvalue weighted by Gasteiger charge is -2.39. The van der Waals surface area contributed by atoms with Gasteiger partial charge in [-0.2, -0.15) is 9.57 Å². The predicted molar refractivity (Wildman–Crippen MR) is 184 cm³/mol. The first-order valence-electron chi connectivity index (χ1n) is 16.0. The molecule has 0 radical (unpaired) electrons. The Morgan fingerprint density at radius 3 is 2.37 bits per heavy atom. The highest BCUT2D eigenvalue weighted by Crippen LogP contribution is 2.35. The first-order valence-corrected chi connectivity index (χ1v) is 18.2. The SMILES string of the molecule is CCOC(=O)[C@H](Cc1ccc(NC(=O)c2c(Cl)cncc2Cl)cc1)NC(=O)[C@@H]1C(N2CCC(F)(F)CC2)CCN1S(=O)(=O)c1cccc(C#N)c1. The van der Waals surface area contributed by atoms with Crippen LogP contribution in [0.15, 0.2) is 65.8 Å². The van der Waals surface area contributed by atoms with E-state index >= 15 is 0 Å². The topological polar surface area (TPSA) is 162 Å². The molecule has 1 aromatic heterocycles. The van der Waals surface area contributed by atoms with Crippen LogP contribution in [0.3, 0.4) is 0 Å². The van der Waals surface area contributed by atoms with Gasteiger partial charge in [-0.25, -0.2) is 22.0 Å². The molecule has 5 rings (SSSR count). The van der Waals surface area contributed by atoms with Crippen molar-refractivity contribution in [1.29, 1.82) is 5.26 Å². The number of ether oxygens (including phenoxy) is 1. The molecular formula is C34H34Cl2F2N6O6S. The van der Waals surface area contributed by atoms with Crippen LogP contribution in [0.1, 0.15) is 47.7 Å². The summed E-state index contributed by atoms with van der Waals surface area (Å²) in [7, 11) is -4.35. The van der Waals surface area contributed by atoms with Crippen LogP contribution in [0.25, 0.3) is 0 Å². The minimum absolute atomic E-state index is 0.0000781. The second kappa shape index (κ2) is 16.0. The molecule has 2 amide bonds. The van der Waals surface area contributed by atoms with Crippen molar-refractivity contribution < 1.29 is 36.3 Å². The standard InChI is InChI=1S/C34H34Cl2F2N6O6S/c1-2-50-33(47)27(17-21-6-8-23(9-7-21)41-31(45)29-25(35)19-40-20-26(29)36)42-32(46)30-28(43-14-11-34(37,38)12-15-43)10-13-44(30)51(48,49)24-5-3-4-22(16-24)18-39/h3-9,16,19-20,27-28,30H,2,10-15,17H2,1H3,(H,41,45)(H,42,46)/t27-,28?,30-/m0/s1. The second-order valence-corrected chi connectivity index (χ2v) is 14.8. The lowest BCUT2D eigenvalue weighted by Crippen LogP contribution is -2.59. The molecule has 0 aliphatic carbocycles. The van der Waals surface area contributed by atoms with Gasteiger partial charge < -0.3 is 15.4 Å². The zero-order valence-corrected chi connectivity index (χ0v) is 29.6. The Balaban J connectivity index is 1.39. The first kappa shape index (κ1) is 38.0. The normalized spacial score (nSPS) is 19.8. The van der Waals surface area contributed by atoms with Crippen LogP contribution in [0.4, 0.5) is 14.5 Å². The van der Waals surface area contributed by atoms with Crippen molar-refractivity contribution in [3.63, 3.8) is 0 Å². The van der Waals surface area contributed by atoms with Crippen molar-refractivity contribution in [2.45, 2.75) is 61.6 Å². The van der Waals surface area contributed by atoms with E-state index in [-0.39, 0.29) is 65.2 Å². The van der Waals surface area contributed by atoms with Gasteiger partial charge in [-0.3, -0.25) is 19.5 Å². The minimum Gasteiger partial charge on any atom is -0.464 e. The number of piperidine rings is 1. The number of hydrogen-bond acceptors (Lipinski definition) is 9. The van der Waals surface area contributed by atoms with E-state index in [1.165, 1.54) is 36.7 Å². The summed E-state index contributed by atoms with van der Waals surface area (Å²) < 4.78 is 62.4. The number of rotatable bonds is 11. The number of halogens is 4. The molecule has 3 atom stereocenters. The Morgan fingerprint density at radius 2 is 1.75 bits per heavy atom. The number of nitriles is 1. The maximum Gasteiger partial charge on any atom is 0.328 e. The summed E-state index contributed by atoms with van der Waals surface area (Å²) in [6, 6.07) is 10.3. The zero-order chi connectivity index (χ0) is 36.9. The minimum atomic E-state index is -4.35. The number of likely N-dealkylation sites (tertiary alicyclic amines) is 1. The van der Waals surface area contributed by atoms with Crippen molar-refractivity contribution in [2.75, 3.05) is 31.6 Å². The Labute approximate surface area is 303 Å². The quantitative estimate of drug-likeness (QED) is 0.265. The number of aromatic nitrogens is 1. The van der Waals surface area contributed by atoms with Gasteiger partial charge in [0.15, 0.2) is 0 Å². The van der Waals surface area contributed by atoms with E-state index in [9.17, 15) is 36.8 Å². The van der Waals surface area contributed by atoms with Gasteiger partial charge in [0.25, 0.3) is 11.8 Å². The monoisotopic (exact) mass is 762 g/mol. The molecule has 2 aliphatic heterocycles. The molecule has 2 aromatic carbocycles. The molecule has 0 bridgehead atoms. The van der Waals surface area contributed by atoms with Gasteiger partial charge in [0, 0.05) is 63.0 Å². The average molecular weight is 764 g/mol. The van der Waals surface area contributed by atoms with Gasteiger partial charge in [0.05, 0.1) is 38.7 Å². The maximum absolute atomic E-state index is 14.2. The van der Waals surface area contributed by atoms with Crippen molar-refractivity contribution >= 4 is 56.7 Å². The molecule has 51 heavy (non-hydrogen) atoms. The number of benzene rings is 2. The molecule has 2 aliphatic rings. The summed E-state index contributed by atoms with van der Waals surface area (Å²) in [6.07, 6.45) is 1.79. The summed E-state index contributed by atoms with van der Waals surface area (Å²) in [5.74, 6) is -5.02. The van der Waals surface area contributed by atoms with Crippen LogP contribution >= 0.6 is 23.2 Å². The van der Waals surface area contributed by atoms with Crippen LogP contribution in [0.2, 0.25) is 10.0 Å². The van der Waals surface area contributed by atoms with Crippen LogP contribution in [0, 0.1) is 11.3 Å². The summed E-state index contributed by atoms with van der Waals surface area (Å²) in [5, 5.41) is 14.9. The number of pyridine rings is 1. The van der Waals surface area contributed by atoms with E-state index in [1.54, 1.807) is 36.1 Å². The fraction of sp³-hybridized carbons (Fsp3) is 0.382. The molecule has 3 aromatic rings. The molecule has 2 fully saturated rings. The highest BCUT2D eigenvalue weighted by molar-refractivity contribution is 7.89. The van der Waals surface area contributed by atoms with Gasteiger partial charge in [0.2, 0.25) is 15.9 Å². The summed E-state index contributed by atoms with van der Waals surface area (Å²) >= 11 is 12.2. The Hall–Kier alpha value is -4.20. The predicted octanol–water partition coefficient (Wildman–Crippen LogP) is 4.67. The van der Waals surface area contributed by atoms with Crippen LogP contribution in [-0.2, 0) is 30.8 Å². The third kappa shape index (κ3) is 8.82. The van der Waals surface area contributed by atoms with Crippen molar-refractivity contribution in [2.24, 2.45) is 0 Å².